The summed E-state index contributed by atoms with van der Waals surface area (Å²) in [6.45, 7) is -0.557. The third-order valence-electron chi connectivity index (χ3n) is 3.74. The molecule has 0 fully saturated rings. The van der Waals surface area contributed by atoms with Gasteiger partial charge in [-0.05, 0) is 52.7 Å². The molecule has 0 radical (unpaired) electrons. The Morgan fingerprint density at radius 3 is 2.32 bits per heavy atom. The lowest BCUT2D eigenvalue weighted by Crippen LogP contribution is -2.24. The number of hydrogen-bond acceptors (Lipinski definition) is 5. The molecule has 142 valence electrons. The molecule has 0 aliphatic carbocycles. The molecule has 7 heteroatoms. The second kappa shape index (κ2) is 9.18. The van der Waals surface area contributed by atoms with Crippen LogP contribution in [0.5, 0.6) is 11.5 Å². The number of nitrogens with one attached hydrogen (secondary N) is 1. The van der Waals surface area contributed by atoms with E-state index in [0.717, 1.165) is 16.3 Å². The summed E-state index contributed by atoms with van der Waals surface area (Å²) in [5, 5.41) is 14.6. The summed E-state index contributed by atoms with van der Waals surface area (Å²) in [5.41, 5.74) is 3.11. The van der Waals surface area contributed by atoms with Crippen molar-refractivity contribution in [3.05, 3.63) is 72.3 Å². The van der Waals surface area contributed by atoms with Gasteiger partial charge >= 0.3 is 5.97 Å². The number of carboxylic acid groups (broad SMARTS) is 1. The number of rotatable bonds is 8. The quantitative estimate of drug-likeness (QED) is 0.464. The first-order valence-corrected chi connectivity index (χ1v) is 8.48. The predicted octanol–water partition coefficient (Wildman–Crippen LogP) is 2.83. The van der Waals surface area contributed by atoms with Crippen molar-refractivity contribution in [2.75, 3.05) is 13.2 Å². The Hall–Kier alpha value is -3.87. The van der Waals surface area contributed by atoms with Gasteiger partial charge in [0.25, 0.3) is 5.91 Å². The third-order valence-corrected chi connectivity index (χ3v) is 3.74. The second-order valence-electron chi connectivity index (χ2n) is 5.84. The summed E-state index contributed by atoms with van der Waals surface area (Å²) < 4.78 is 10.5. The highest BCUT2D eigenvalue weighted by Crippen LogP contribution is 2.20. The normalized spacial score (nSPS) is 10.7. The first-order valence-electron chi connectivity index (χ1n) is 8.48. The fourth-order valence-electron chi connectivity index (χ4n) is 2.41. The van der Waals surface area contributed by atoms with Gasteiger partial charge in [-0.3, -0.25) is 4.79 Å². The molecular weight excluding hydrogens is 360 g/mol. The Morgan fingerprint density at radius 1 is 0.893 bits per heavy atom. The Labute approximate surface area is 161 Å². The van der Waals surface area contributed by atoms with Gasteiger partial charge < -0.3 is 14.6 Å². The van der Waals surface area contributed by atoms with Crippen molar-refractivity contribution in [3.63, 3.8) is 0 Å². The standard InChI is InChI=1S/C21H18N2O5/c24-20(13-27-19-10-7-16-3-1-2-4-17(16)11-19)23-22-12-15-5-8-18(9-6-15)28-14-21(25)26/h1-12H,13-14H2,(H,23,24)(H,25,26)/b22-12-. The largest absolute Gasteiger partial charge is 0.484 e. The van der Waals surface area contributed by atoms with Gasteiger partial charge in [-0.25, -0.2) is 10.2 Å². The van der Waals surface area contributed by atoms with E-state index in [1.54, 1.807) is 24.3 Å². The maximum absolute atomic E-state index is 11.8. The topological polar surface area (TPSA) is 97.2 Å². The predicted molar refractivity (Wildman–Crippen MR) is 105 cm³/mol. The maximum atomic E-state index is 11.8. The molecule has 0 atom stereocenters. The van der Waals surface area contributed by atoms with Crippen molar-refractivity contribution in [1.29, 1.82) is 0 Å². The molecule has 0 unspecified atom stereocenters. The smallest absolute Gasteiger partial charge is 0.341 e. The zero-order valence-corrected chi connectivity index (χ0v) is 14.9. The van der Waals surface area contributed by atoms with Crippen molar-refractivity contribution < 1.29 is 24.2 Å². The lowest BCUT2D eigenvalue weighted by molar-refractivity contribution is -0.139. The summed E-state index contributed by atoms with van der Waals surface area (Å²) in [5.74, 6) is -0.382. The van der Waals surface area contributed by atoms with Gasteiger partial charge in [-0.15, -0.1) is 0 Å². The Morgan fingerprint density at radius 2 is 1.57 bits per heavy atom. The van der Waals surface area contributed by atoms with Crippen LogP contribution < -0.4 is 14.9 Å². The van der Waals surface area contributed by atoms with Crippen LogP contribution in [0, 0.1) is 0 Å². The SMILES string of the molecule is O=C(O)COc1ccc(/C=N\NC(=O)COc2ccc3ccccc3c2)cc1. The van der Waals surface area contributed by atoms with Gasteiger partial charge in [-0.2, -0.15) is 5.10 Å². The summed E-state index contributed by atoms with van der Waals surface area (Å²) >= 11 is 0. The minimum atomic E-state index is -1.04. The number of amides is 1. The second-order valence-corrected chi connectivity index (χ2v) is 5.84. The number of hydrogen-bond donors (Lipinski definition) is 2. The highest BCUT2D eigenvalue weighted by molar-refractivity contribution is 5.84. The molecule has 0 aliphatic rings. The van der Waals surface area contributed by atoms with E-state index >= 15 is 0 Å². The van der Waals surface area contributed by atoms with Crippen LogP contribution in [-0.4, -0.2) is 36.4 Å². The van der Waals surface area contributed by atoms with Crippen molar-refractivity contribution in [2.45, 2.75) is 0 Å². The van der Waals surface area contributed by atoms with E-state index in [4.69, 9.17) is 14.6 Å². The van der Waals surface area contributed by atoms with Crippen LogP contribution in [0.3, 0.4) is 0 Å². The maximum Gasteiger partial charge on any atom is 0.341 e. The van der Waals surface area contributed by atoms with Gasteiger partial charge in [0.2, 0.25) is 0 Å². The molecule has 0 saturated carbocycles. The number of carboxylic acids is 1. The van der Waals surface area contributed by atoms with Crippen LogP contribution in [0.4, 0.5) is 0 Å². The summed E-state index contributed by atoms with van der Waals surface area (Å²) in [7, 11) is 0. The van der Waals surface area contributed by atoms with Crippen LogP contribution in [0.1, 0.15) is 5.56 Å². The van der Waals surface area contributed by atoms with E-state index in [2.05, 4.69) is 10.5 Å². The zero-order chi connectivity index (χ0) is 19.8. The van der Waals surface area contributed by atoms with Gasteiger partial charge in [0.05, 0.1) is 6.21 Å². The van der Waals surface area contributed by atoms with Crippen molar-refractivity contribution in [3.8, 4) is 11.5 Å². The Kier molecular flexibility index (Phi) is 6.20. The molecule has 3 rings (SSSR count). The van der Waals surface area contributed by atoms with E-state index in [9.17, 15) is 9.59 Å². The van der Waals surface area contributed by atoms with E-state index < -0.39 is 12.6 Å². The lowest BCUT2D eigenvalue weighted by Gasteiger charge is -2.06. The molecule has 7 nitrogen and oxygen atoms in total. The van der Waals surface area contributed by atoms with Crippen molar-refractivity contribution >= 4 is 28.9 Å². The Bertz CT molecular complexity index is 999. The average molecular weight is 378 g/mol. The minimum absolute atomic E-state index is 0.155. The molecule has 0 spiro atoms. The number of benzene rings is 3. The minimum Gasteiger partial charge on any atom is -0.484 e. The first kappa shape index (κ1) is 18.9. The molecule has 0 heterocycles. The molecule has 0 saturated heterocycles. The van der Waals surface area contributed by atoms with Crippen LogP contribution in [-0.2, 0) is 9.59 Å². The number of aliphatic carboxylic acids is 1. The van der Waals surface area contributed by atoms with Crippen molar-refractivity contribution in [2.24, 2.45) is 5.10 Å². The van der Waals surface area contributed by atoms with Crippen molar-refractivity contribution in [1.82, 2.24) is 5.43 Å². The van der Waals surface area contributed by atoms with Gasteiger partial charge in [0.1, 0.15) is 11.5 Å². The number of ether oxygens (including phenoxy) is 2. The van der Waals surface area contributed by atoms with Gasteiger partial charge in [0.15, 0.2) is 13.2 Å². The summed E-state index contributed by atoms with van der Waals surface area (Å²) in [6.07, 6.45) is 1.47. The molecule has 1 amide bonds. The van der Waals surface area contributed by atoms with Gasteiger partial charge in [0, 0.05) is 0 Å². The van der Waals surface area contributed by atoms with Crippen LogP contribution in [0.15, 0.2) is 71.8 Å². The number of fused-ring (bicyclic) bond motifs is 1. The van der Waals surface area contributed by atoms with Crippen LogP contribution >= 0.6 is 0 Å². The molecule has 0 bridgehead atoms. The monoisotopic (exact) mass is 378 g/mol. The molecule has 28 heavy (non-hydrogen) atoms. The first-order chi connectivity index (χ1) is 13.6. The summed E-state index contributed by atoms with van der Waals surface area (Å²) in [6, 6.07) is 20.1. The van der Waals surface area contributed by atoms with E-state index in [1.807, 2.05) is 42.5 Å². The highest BCUT2D eigenvalue weighted by Gasteiger charge is 2.03. The fourth-order valence-corrected chi connectivity index (χ4v) is 2.41. The highest BCUT2D eigenvalue weighted by atomic mass is 16.5. The Balaban J connectivity index is 1.46. The number of carbonyl (C=O) groups is 2. The average Bonchev–Trinajstić information content (AvgIpc) is 2.71. The molecule has 3 aromatic rings. The van der Waals surface area contributed by atoms with E-state index in [-0.39, 0.29) is 12.5 Å². The van der Waals surface area contributed by atoms with Crippen LogP contribution in [0.25, 0.3) is 10.8 Å². The lowest BCUT2D eigenvalue weighted by atomic mass is 10.1. The molecular formula is C21H18N2O5. The van der Waals surface area contributed by atoms with Gasteiger partial charge in [-0.1, -0.05) is 30.3 Å². The molecule has 0 aromatic heterocycles. The summed E-state index contributed by atoms with van der Waals surface area (Å²) in [4.78, 5) is 22.3. The molecule has 2 N–H and O–H groups in total. The number of hydrazone groups is 1. The van der Waals surface area contributed by atoms with Crippen LogP contribution in [0.2, 0.25) is 0 Å². The molecule has 0 aliphatic heterocycles. The fraction of sp³-hybridized carbons (Fsp3) is 0.0952. The van der Waals surface area contributed by atoms with E-state index in [0.29, 0.717) is 11.5 Å². The number of nitrogens with zero attached hydrogens (tertiary/aromatic N) is 1. The number of carbonyl (C=O) groups excluding carboxylic acids is 1. The zero-order valence-electron chi connectivity index (χ0n) is 14.9. The van der Waals surface area contributed by atoms with E-state index in [1.165, 1.54) is 6.21 Å². The molecule has 3 aromatic carbocycles. The third kappa shape index (κ3) is 5.57.